The lowest BCUT2D eigenvalue weighted by molar-refractivity contribution is 1.07. The van der Waals surface area contributed by atoms with E-state index < -0.39 is 0 Å². The summed E-state index contributed by atoms with van der Waals surface area (Å²) in [7, 11) is 0. The number of nitrogens with zero attached hydrogens (tertiary/aromatic N) is 6. The van der Waals surface area contributed by atoms with E-state index in [-0.39, 0.29) is 11.1 Å². The van der Waals surface area contributed by atoms with Crippen LogP contribution in [0.5, 0.6) is 0 Å². The number of pyridine rings is 1. The lowest BCUT2D eigenvalue weighted by Gasteiger charge is -2.27. The molecule has 0 N–H and O–H groups in total. The number of thiophene rings is 3. The van der Waals surface area contributed by atoms with Gasteiger partial charge in [-0.3, -0.25) is 4.98 Å². The van der Waals surface area contributed by atoms with Crippen molar-refractivity contribution in [3.05, 3.63) is 218 Å². The molecular formula is C67H34N6S3. The fourth-order valence-corrected chi connectivity index (χ4v) is 16.5. The standard InChI is InChI=1S/C67H34N6S3/c68-35-50-51(36-69)60(72-53-20-8-2-14-39(53)45-26-29-48-42-17-5-11-23-56(42)75-66(48)62(45)72)64(73-54-21-9-3-15-40(54)46-27-30-49-43-18-6-12-24-57(43)76-67(49)63(46)73)58(37-31-33-70-34-32-37)59(50)71-52-19-7-1-13-38(52)44-25-28-47-41-16-4-10-22-55(41)74-65(47)61(44)71/h1-34H. The molecule has 0 fully saturated rings. The molecule has 6 nitrogen and oxygen atoms in total. The topological polar surface area (TPSA) is 75.3 Å². The summed E-state index contributed by atoms with van der Waals surface area (Å²) in [6, 6.07) is 75.0. The Labute approximate surface area is 444 Å². The molecule has 0 bridgehead atoms. The van der Waals surface area contributed by atoms with Gasteiger partial charge in [0.2, 0.25) is 0 Å². The van der Waals surface area contributed by atoms with E-state index in [0.29, 0.717) is 11.4 Å². The van der Waals surface area contributed by atoms with E-state index in [9.17, 15) is 10.5 Å². The molecule has 76 heavy (non-hydrogen) atoms. The first-order chi connectivity index (χ1) is 37.7. The average molecular weight is 1020 g/mol. The number of hydrogen-bond donors (Lipinski definition) is 0. The molecule has 7 heterocycles. The molecule has 0 radical (unpaired) electrons. The minimum absolute atomic E-state index is 0.287. The van der Waals surface area contributed by atoms with Gasteiger partial charge in [0.05, 0.1) is 75.4 Å². The van der Waals surface area contributed by atoms with Crippen molar-refractivity contribution in [1.82, 2.24) is 18.7 Å². The fourth-order valence-electron chi connectivity index (χ4n) is 12.8. The number of hydrogen-bond acceptors (Lipinski definition) is 6. The van der Waals surface area contributed by atoms with Gasteiger partial charge in [0.15, 0.2) is 0 Å². The van der Waals surface area contributed by atoms with E-state index in [2.05, 4.69) is 225 Å². The van der Waals surface area contributed by atoms with Gasteiger partial charge in [-0.1, -0.05) is 146 Å². The Morgan fingerprint density at radius 2 is 0.645 bits per heavy atom. The Hall–Kier alpha value is -9.61. The van der Waals surface area contributed by atoms with Gasteiger partial charge in [0, 0.05) is 96.7 Å². The Balaban J connectivity index is 1.20. The second kappa shape index (κ2) is 15.5. The molecule has 0 saturated carbocycles. The van der Waals surface area contributed by atoms with Crippen LogP contribution in [-0.4, -0.2) is 18.7 Å². The minimum atomic E-state index is 0.287. The van der Waals surface area contributed by atoms with Crippen LogP contribution in [0.3, 0.4) is 0 Å². The smallest absolute Gasteiger partial charge is 0.103 e. The van der Waals surface area contributed by atoms with Crippen LogP contribution in [-0.2, 0) is 0 Å². The predicted molar refractivity (Wildman–Crippen MR) is 321 cm³/mol. The van der Waals surface area contributed by atoms with Crippen LogP contribution in [0.25, 0.3) is 154 Å². The predicted octanol–water partition coefficient (Wildman–Crippen LogP) is 18.9. The molecule has 17 rings (SSSR count). The number of nitriles is 2. The number of aromatic nitrogens is 4. The number of benzene rings is 10. The fraction of sp³-hybridized carbons (Fsp3) is 0. The van der Waals surface area contributed by atoms with E-state index in [0.717, 1.165) is 112 Å². The average Bonchev–Trinajstić information content (AvgIpc) is 4.48. The summed E-state index contributed by atoms with van der Waals surface area (Å²) in [4.78, 5) is 4.64. The summed E-state index contributed by atoms with van der Waals surface area (Å²) in [6.45, 7) is 0. The van der Waals surface area contributed by atoms with Crippen molar-refractivity contribution in [2.24, 2.45) is 0 Å². The van der Waals surface area contributed by atoms with Gasteiger partial charge in [-0.15, -0.1) is 34.0 Å². The summed E-state index contributed by atoms with van der Waals surface area (Å²) >= 11 is 5.34. The zero-order chi connectivity index (χ0) is 49.9. The lowest BCUT2D eigenvalue weighted by atomic mass is 9.92. The molecule has 350 valence electrons. The van der Waals surface area contributed by atoms with Crippen molar-refractivity contribution in [2.75, 3.05) is 0 Å². The number of fused-ring (bicyclic) bond motifs is 21. The molecule has 0 spiro atoms. The largest absolute Gasteiger partial charge is 0.306 e. The Morgan fingerprint density at radius 1 is 0.316 bits per heavy atom. The van der Waals surface area contributed by atoms with Crippen molar-refractivity contribution in [1.29, 1.82) is 10.5 Å². The monoisotopic (exact) mass is 1020 g/mol. The van der Waals surface area contributed by atoms with Crippen molar-refractivity contribution in [3.63, 3.8) is 0 Å². The van der Waals surface area contributed by atoms with E-state index >= 15 is 0 Å². The zero-order valence-electron chi connectivity index (χ0n) is 40.0. The van der Waals surface area contributed by atoms with Crippen LogP contribution in [0.4, 0.5) is 0 Å². The normalized spacial score (nSPS) is 12.2. The highest BCUT2D eigenvalue weighted by atomic mass is 32.1. The summed E-state index contributed by atoms with van der Waals surface area (Å²) in [5, 5.41) is 38.3. The molecule has 0 aliphatic heterocycles. The summed E-state index contributed by atoms with van der Waals surface area (Å²) in [5.41, 5.74) is 10.2. The molecule has 0 aliphatic carbocycles. The van der Waals surface area contributed by atoms with E-state index in [4.69, 9.17) is 0 Å². The second-order valence-corrected chi connectivity index (χ2v) is 22.7. The third-order valence-corrected chi connectivity index (χ3v) is 19.4. The Kier molecular flexibility index (Phi) is 8.51. The third-order valence-electron chi connectivity index (χ3n) is 15.8. The first-order valence-electron chi connectivity index (χ1n) is 25.1. The van der Waals surface area contributed by atoms with E-state index in [1.807, 2.05) is 12.4 Å². The summed E-state index contributed by atoms with van der Waals surface area (Å²) in [5.74, 6) is 0. The molecule has 7 aromatic heterocycles. The van der Waals surface area contributed by atoms with Crippen molar-refractivity contribution in [3.8, 4) is 40.3 Å². The molecular weight excluding hydrogens is 985 g/mol. The van der Waals surface area contributed by atoms with E-state index in [1.54, 1.807) is 34.0 Å². The highest BCUT2D eigenvalue weighted by Crippen LogP contribution is 2.53. The van der Waals surface area contributed by atoms with Gasteiger partial charge in [-0.05, 0) is 54.1 Å². The quantitative estimate of drug-likeness (QED) is 0.176. The van der Waals surface area contributed by atoms with Gasteiger partial charge in [-0.2, -0.15) is 10.5 Å². The minimum Gasteiger partial charge on any atom is -0.306 e. The maximum Gasteiger partial charge on any atom is 0.103 e. The molecule has 17 aromatic rings. The molecule has 0 atom stereocenters. The highest BCUT2D eigenvalue weighted by molar-refractivity contribution is 7.27. The third kappa shape index (κ3) is 5.38. The maximum atomic E-state index is 12.5. The second-order valence-electron chi connectivity index (χ2n) is 19.5. The van der Waals surface area contributed by atoms with Crippen LogP contribution in [0.15, 0.2) is 207 Å². The molecule has 0 unspecified atom stereocenters. The van der Waals surface area contributed by atoms with Gasteiger partial charge >= 0.3 is 0 Å². The van der Waals surface area contributed by atoms with Crippen LogP contribution in [0.2, 0.25) is 0 Å². The molecule has 9 heteroatoms. The first-order valence-corrected chi connectivity index (χ1v) is 27.6. The Morgan fingerprint density at radius 3 is 1.05 bits per heavy atom. The molecule has 0 aliphatic rings. The van der Waals surface area contributed by atoms with Gasteiger partial charge in [-0.25, -0.2) is 0 Å². The van der Waals surface area contributed by atoms with Crippen molar-refractivity contribution < 1.29 is 0 Å². The van der Waals surface area contributed by atoms with Gasteiger partial charge < -0.3 is 13.7 Å². The lowest BCUT2D eigenvalue weighted by Crippen LogP contribution is -2.14. The van der Waals surface area contributed by atoms with Crippen molar-refractivity contribution >= 4 is 160 Å². The van der Waals surface area contributed by atoms with E-state index in [1.165, 1.54) is 30.3 Å². The van der Waals surface area contributed by atoms with Crippen LogP contribution in [0.1, 0.15) is 11.1 Å². The van der Waals surface area contributed by atoms with Gasteiger partial charge in [0.25, 0.3) is 0 Å². The molecule has 10 aromatic carbocycles. The molecule has 0 saturated heterocycles. The number of rotatable bonds is 4. The van der Waals surface area contributed by atoms with Crippen molar-refractivity contribution in [2.45, 2.75) is 0 Å². The SMILES string of the molecule is N#Cc1c(C#N)c(-n2c3ccccc3c3ccc4c5ccccc5sc4c32)c(-n2c3ccccc3c3ccc4c5ccccc5sc4c32)c(-c2ccncc2)c1-n1c2ccccc2c2ccc3c4ccccc4sc3c21. The van der Waals surface area contributed by atoms with Gasteiger partial charge in [0.1, 0.15) is 12.1 Å². The maximum absolute atomic E-state index is 12.5. The van der Waals surface area contributed by atoms with Crippen LogP contribution >= 0.6 is 34.0 Å². The number of para-hydroxylation sites is 3. The Bertz CT molecular complexity index is 5510. The van der Waals surface area contributed by atoms with Crippen LogP contribution < -0.4 is 0 Å². The molecule has 0 amide bonds. The summed E-state index contributed by atoms with van der Waals surface area (Å²) in [6.07, 6.45) is 3.69. The zero-order valence-corrected chi connectivity index (χ0v) is 42.5. The first kappa shape index (κ1) is 41.8. The highest BCUT2D eigenvalue weighted by Gasteiger charge is 2.35. The van der Waals surface area contributed by atoms with Crippen LogP contribution in [0, 0.1) is 22.7 Å². The summed E-state index contributed by atoms with van der Waals surface area (Å²) < 4.78 is 14.0.